The molecule has 0 saturated carbocycles. The lowest BCUT2D eigenvalue weighted by Crippen LogP contribution is -2.45. The van der Waals surface area contributed by atoms with Gasteiger partial charge in [0, 0.05) is 19.1 Å². The second-order valence-corrected chi connectivity index (χ2v) is 7.98. The van der Waals surface area contributed by atoms with E-state index in [9.17, 15) is 19.2 Å². The van der Waals surface area contributed by atoms with Gasteiger partial charge in [0.1, 0.15) is 5.41 Å². The number of benzene rings is 1. The van der Waals surface area contributed by atoms with Crippen molar-refractivity contribution in [1.82, 2.24) is 15.5 Å². The highest BCUT2D eigenvalue weighted by molar-refractivity contribution is 6.03. The van der Waals surface area contributed by atoms with Gasteiger partial charge in [-0.15, -0.1) is 5.06 Å². The average Bonchev–Trinajstić information content (AvgIpc) is 3.38. The van der Waals surface area contributed by atoms with Crippen molar-refractivity contribution >= 4 is 30.0 Å². The van der Waals surface area contributed by atoms with Crippen molar-refractivity contribution < 1.29 is 28.8 Å². The topological polar surface area (TPSA) is 118 Å². The summed E-state index contributed by atoms with van der Waals surface area (Å²) in [4.78, 5) is 58.8. The van der Waals surface area contributed by atoms with E-state index in [0.717, 1.165) is 5.56 Å². The molecule has 3 aliphatic heterocycles. The van der Waals surface area contributed by atoms with Gasteiger partial charge in [-0.05, 0) is 31.9 Å². The molecule has 0 aromatic heterocycles. The van der Waals surface area contributed by atoms with Crippen LogP contribution in [0.5, 0.6) is 0 Å². The molecule has 0 bridgehead atoms. The second-order valence-electron chi connectivity index (χ2n) is 7.98. The van der Waals surface area contributed by atoms with Crippen LogP contribution in [-0.4, -0.2) is 53.2 Å². The van der Waals surface area contributed by atoms with Crippen LogP contribution in [0.1, 0.15) is 32.3 Å². The fraction of sp³-hybridized carbons (Fsp3) is 0.348. The lowest BCUT2D eigenvalue weighted by Gasteiger charge is -2.37. The van der Waals surface area contributed by atoms with Gasteiger partial charge in [-0.2, -0.15) is 0 Å². The molecule has 3 heterocycles. The summed E-state index contributed by atoms with van der Waals surface area (Å²) in [5.41, 5.74) is 3.58. The van der Waals surface area contributed by atoms with Gasteiger partial charge in [-0.1, -0.05) is 30.3 Å². The summed E-state index contributed by atoms with van der Waals surface area (Å²) in [7, 11) is 0. The quantitative estimate of drug-likeness (QED) is 0.487. The Labute approximate surface area is 190 Å². The predicted molar refractivity (Wildman–Crippen MR) is 116 cm³/mol. The minimum atomic E-state index is -1.09. The Hall–Kier alpha value is -3.79. The van der Waals surface area contributed by atoms with Crippen molar-refractivity contribution in [2.75, 3.05) is 13.2 Å². The number of rotatable bonds is 7. The molecule has 1 aromatic carbocycles. The molecule has 33 heavy (non-hydrogen) atoms. The molecule has 1 atom stereocenters. The smallest absolute Gasteiger partial charge is 0.365 e. The Balaban J connectivity index is 1.64. The van der Waals surface area contributed by atoms with Gasteiger partial charge < -0.3 is 9.57 Å². The van der Waals surface area contributed by atoms with Crippen LogP contribution in [0.15, 0.2) is 58.5 Å². The molecule has 3 aliphatic rings. The van der Waals surface area contributed by atoms with Crippen molar-refractivity contribution in [3.63, 3.8) is 0 Å². The molecule has 1 fully saturated rings. The van der Waals surface area contributed by atoms with Crippen LogP contribution in [0, 0.1) is 5.41 Å². The minimum Gasteiger partial charge on any atom is -0.465 e. The minimum absolute atomic E-state index is 0.00477. The van der Waals surface area contributed by atoms with Crippen molar-refractivity contribution in [2.45, 2.75) is 33.1 Å². The van der Waals surface area contributed by atoms with Crippen LogP contribution >= 0.6 is 0 Å². The predicted octanol–water partition coefficient (Wildman–Crippen LogP) is 1.41. The number of hydrazine groups is 1. The van der Waals surface area contributed by atoms with E-state index >= 15 is 0 Å². The van der Waals surface area contributed by atoms with Gasteiger partial charge >= 0.3 is 11.9 Å². The van der Waals surface area contributed by atoms with Crippen LogP contribution < -0.4 is 5.43 Å². The molecule has 0 aliphatic carbocycles. The van der Waals surface area contributed by atoms with Gasteiger partial charge in [0.15, 0.2) is 5.82 Å². The third-order valence-electron chi connectivity index (χ3n) is 5.68. The summed E-state index contributed by atoms with van der Waals surface area (Å²) in [5, 5.41) is 2.06. The lowest BCUT2D eigenvalue weighted by molar-refractivity contribution is -0.194. The van der Waals surface area contributed by atoms with Gasteiger partial charge in [0.05, 0.1) is 24.4 Å². The number of carbonyl (C=O) groups is 4. The molecule has 0 radical (unpaired) electrons. The van der Waals surface area contributed by atoms with Gasteiger partial charge in [-0.3, -0.25) is 19.4 Å². The summed E-state index contributed by atoms with van der Waals surface area (Å²) in [6, 6.07) is 9.54. The number of allylic oxidation sites excluding steroid dienone is 1. The number of imide groups is 1. The van der Waals surface area contributed by atoms with Crippen LogP contribution in [0.4, 0.5) is 0 Å². The van der Waals surface area contributed by atoms with Crippen LogP contribution in [0.2, 0.25) is 0 Å². The van der Waals surface area contributed by atoms with E-state index in [2.05, 4.69) is 10.4 Å². The highest BCUT2D eigenvalue weighted by Gasteiger charge is 2.46. The number of carbonyl (C=O) groups excluding carboxylic acids is 4. The number of hydrogen-bond donors (Lipinski definition) is 1. The van der Waals surface area contributed by atoms with Gasteiger partial charge in [-0.25, -0.2) is 15.2 Å². The molecule has 1 aromatic rings. The maximum atomic E-state index is 13.1. The van der Waals surface area contributed by atoms with Crippen LogP contribution in [-0.2, 0) is 35.2 Å². The molecule has 172 valence electrons. The molecule has 1 saturated heterocycles. The number of hydroxylamine groups is 2. The third-order valence-corrected chi connectivity index (χ3v) is 5.68. The maximum absolute atomic E-state index is 13.1. The number of esters is 1. The van der Waals surface area contributed by atoms with Crippen molar-refractivity contribution in [3.8, 4) is 0 Å². The summed E-state index contributed by atoms with van der Waals surface area (Å²) in [6.07, 6.45) is 3.55. The normalized spacial score (nSPS) is 19.4. The fourth-order valence-corrected chi connectivity index (χ4v) is 3.99. The molecule has 1 N–H and O–H groups in total. The first-order valence-corrected chi connectivity index (χ1v) is 10.7. The van der Waals surface area contributed by atoms with Crippen LogP contribution in [0.25, 0.3) is 0 Å². The molecule has 10 nitrogen and oxygen atoms in total. The largest absolute Gasteiger partial charge is 0.465 e. The number of amides is 2. The van der Waals surface area contributed by atoms with E-state index in [4.69, 9.17) is 9.57 Å². The van der Waals surface area contributed by atoms with Crippen molar-refractivity contribution in [2.24, 2.45) is 10.4 Å². The second kappa shape index (κ2) is 8.99. The average molecular weight is 452 g/mol. The molecule has 10 heteroatoms. The molecule has 2 amide bonds. The van der Waals surface area contributed by atoms with Crippen LogP contribution in [0.3, 0.4) is 0 Å². The number of hydrogen-bond acceptors (Lipinski definition) is 9. The first-order chi connectivity index (χ1) is 15.8. The standard InChI is InChI=1S/C23H24N4O6/c1-3-32-22(31)23(2,13-15-7-5-4-6-8-15)17-11-12-24-20-16(14-25-26(17)20)21(30)33-27-18(28)9-10-19(27)29/h4-8,11-12,25H,3,9-10,13-14H2,1-2H3. The zero-order valence-corrected chi connectivity index (χ0v) is 18.4. The number of nitrogens with zero attached hydrogens (tertiary/aromatic N) is 3. The number of ether oxygens (including phenoxy) is 1. The monoisotopic (exact) mass is 452 g/mol. The zero-order chi connectivity index (χ0) is 23.6. The summed E-state index contributed by atoms with van der Waals surface area (Å²) in [6.45, 7) is 3.78. The first-order valence-electron chi connectivity index (χ1n) is 10.7. The number of fused-ring (bicyclic) bond motifs is 1. The molecule has 4 rings (SSSR count). The Bertz CT molecular complexity index is 1080. The fourth-order valence-electron chi connectivity index (χ4n) is 3.99. The Morgan fingerprint density at radius 1 is 1.15 bits per heavy atom. The summed E-state index contributed by atoms with van der Waals surface area (Å²) in [5.74, 6) is -2.16. The molecular weight excluding hydrogens is 428 g/mol. The number of aliphatic imine (C=N–C) groups is 1. The Morgan fingerprint density at radius 2 is 1.85 bits per heavy atom. The summed E-state index contributed by atoms with van der Waals surface area (Å²) < 4.78 is 5.40. The van der Waals surface area contributed by atoms with E-state index in [1.165, 1.54) is 6.21 Å². The highest BCUT2D eigenvalue weighted by atomic mass is 16.7. The Kier molecular flexibility index (Phi) is 6.10. The first kappa shape index (κ1) is 22.4. The van der Waals surface area contributed by atoms with Gasteiger partial charge in [0.2, 0.25) is 0 Å². The highest BCUT2D eigenvalue weighted by Crippen LogP contribution is 2.39. The SMILES string of the molecule is CCOC(=O)C(C)(Cc1ccccc1)C1=CC=NC2=C(C(=O)ON3C(=O)CCC3=O)CNN12. The maximum Gasteiger partial charge on any atom is 0.365 e. The van der Waals surface area contributed by atoms with E-state index in [-0.39, 0.29) is 37.4 Å². The van der Waals surface area contributed by atoms with Crippen molar-refractivity contribution in [3.05, 3.63) is 59.1 Å². The molecule has 1 unspecified atom stereocenters. The molecular formula is C23H24N4O6. The summed E-state index contributed by atoms with van der Waals surface area (Å²) >= 11 is 0. The van der Waals surface area contributed by atoms with E-state index < -0.39 is 29.2 Å². The van der Waals surface area contributed by atoms with E-state index in [0.29, 0.717) is 17.2 Å². The van der Waals surface area contributed by atoms with Gasteiger partial charge in [0.25, 0.3) is 11.8 Å². The van der Waals surface area contributed by atoms with E-state index in [1.807, 2.05) is 30.3 Å². The molecule has 0 spiro atoms. The lowest BCUT2D eigenvalue weighted by atomic mass is 9.79. The Morgan fingerprint density at radius 3 is 2.52 bits per heavy atom. The zero-order valence-electron chi connectivity index (χ0n) is 18.4. The third kappa shape index (κ3) is 4.17. The van der Waals surface area contributed by atoms with E-state index in [1.54, 1.807) is 24.9 Å². The number of nitrogens with one attached hydrogen (secondary N) is 1. The van der Waals surface area contributed by atoms with Crippen molar-refractivity contribution in [1.29, 1.82) is 0 Å².